The van der Waals surface area contributed by atoms with Crippen molar-refractivity contribution in [3.63, 3.8) is 0 Å². The van der Waals surface area contributed by atoms with E-state index in [9.17, 15) is 43.2 Å². The Balaban J connectivity index is 5.29. The molecule has 548 valence electrons. The molecule has 0 aliphatic carbocycles. The van der Waals surface area contributed by atoms with Gasteiger partial charge in [0, 0.05) is 25.7 Å². The highest BCUT2D eigenvalue weighted by Gasteiger charge is 2.30. The van der Waals surface area contributed by atoms with Crippen molar-refractivity contribution in [1.29, 1.82) is 0 Å². The zero-order valence-electron chi connectivity index (χ0n) is 60.2. The number of phosphoric ester groups is 2. The summed E-state index contributed by atoms with van der Waals surface area (Å²) in [5.41, 5.74) is 0. The minimum Gasteiger partial charge on any atom is -0.462 e. The predicted octanol–water partition coefficient (Wildman–Crippen LogP) is 21.0. The zero-order valence-corrected chi connectivity index (χ0v) is 62.0. The highest BCUT2D eigenvalue weighted by atomic mass is 31.2. The van der Waals surface area contributed by atoms with E-state index < -0.39 is 97.5 Å². The van der Waals surface area contributed by atoms with E-state index in [-0.39, 0.29) is 25.7 Å². The quantitative estimate of drug-likeness (QED) is 0.0169. The summed E-state index contributed by atoms with van der Waals surface area (Å²) in [6.07, 6.45) is 52.2. The Hall–Kier alpha value is -2.46. The number of allylic oxidation sites excluding steroid dienone is 4. The van der Waals surface area contributed by atoms with Gasteiger partial charge in [-0.05, 0) is 69.1 Å². The lowest BCUT2D eigenvalue weighted by Crippen LogP contribution is -2.30. The molecule has 0 rings (SSSR count). The molecule has 0 aromatic heterocycles. The van der Waals surface area contributed by atoms with Crippen LogP contribution in [0.4, 0.5) is 0 Å². The van der Waals surface area contributed by atoms with E-state index in [4.69, 9.17) is 37.0 Å². The summed E-state index contributed by atoms with van der Waals surface area (Å²) in [7, 11) is -9.92. The largest absolute Gasteiger partial charge is 0.472 e. The molecule has 3 N–H and O–H groups in total. The Morgan fingerprint density at radius 3 is 0.957 bits per heavy atom. The summed E-state index contributed by atoms with van der Waals surface area (Å²) in [5, 5.41) is 10.6. The minimum atomic E-state index is -4.96. The topological polar surface area (TPSA) is 237 Å². The molecule has 0 fully saturated rings. The summed E-state index contributed by atoms with van der Waals surface area (Å²) < 4.78 is 68.4. The molecule has 0 bridgehead atoms. The molecule has 0 saturated heterocycles. The van der Waals surface area contributed by atoms with Crippen molar-refractivity contribution in [2.45, 2.75) is 369 Å². The molecule has 0 aliphatic rings. The lowest BCUT2D eigenvalue weighted by Gasteiger charge is -2.21. The van der Waals surface area contributed by atoms with Gasteiger partial charge in [-0.15, -0.1) is 0 Å². The molecule has 0 radical (unpaired) electrons. The number of carbonyl (C=O) groups excluding carboxylic acids is 4. The average Bonchev–Trinajstić information content (AvgIpc) is 2.13. The molecule has 19 heteroatoms. The van der Waals surface area contributed by atoms with E-state index in [1.807, 2.05) is 0 Å². The lowest BCUT2D eigenvalue weighted by molar-refractivity contribution is -0.161. The Morgan fingerprint density at radius 2 is 0.634 bits per heavy atom. The summed E-state index contributed by atoms with van der Waals surface area (Å²) >= 11 is 0. The van der Waals surface area contributed by atoms with Crippen molar-refractivity contribution in [3.05, 3.63) is 24.3 Å². The fraction of sp³-hybridized carbons (Fsp3) is 0.892. The molecule has 93 heavy (non-hydrogen) atoms. The molecular weight excluding hydrogens is 1220 g/mol. The molecule has 0 aromatic rings. The van der Waals surface area contributed by atoms with Gasteiger partial charge in [0.15, 0.2) is 12.2 Å². The van der Waals surface area contributed by atoms with Crippen LogP contribution in [0.1, 0.15) is 350 Å². The number of carbonyl (C=O) groups is 4. The van der Waals surface area contributed by atoms with Gasteiger partial charge in [-0.25, -0.2) is 9.13 Å². The number of unbranched alkanes of at least 4 members (excludes halogenated alkanes) is 34. The van der Waals surface area contributed by atoms with E-state index in [2.05, 4.69) is 72.8 Å². The van der Waals surface area contributed by atoms with E-state index in [1.54, 1.807) is 0 Å². The van der Waals surface area contributed by atoms with Crippen LogP contribution < -0.4 is 0 Å². The van der Waals surface area contributed by atoms with Gasteiger partial charge in [-0.2, -0.15) is 0 Å². The van der Waals surface area contributed by atoms with Crippen LogP contribution in [0.5, 0.6) is 0 Å². The molecular formula is C74H140O17P2. The third kappa shape index (κ3) is 66.6. The Morgan fingerprint density at radius 1 is 0.355 bits per heavy atom. The summed E-state index contributed by atoms with van der Waals surface area (Å²) in [6, 6.07) is 0. The van der Waals surface area contributed by atoms with E-state index in [0.29, 0.717) is 25.7 Å². The summed E-state index contributed by atoms with van der Waals surface area (Å²) in [5.74, 6) is 0.103. The number of aliphatic hydroxyl groups excluding tert-OH is 1. The van der Waals surface area contributed by atoms with Crippen molar-refractivity contribution >= 4 is 39.5 Å². The first kappa shape index (κ1) is 90.5. The highest BCUT2D eigenvalue weighted by Crippen LogP contribution is 2.45. The van der Waals surface area contributed by atoms with Gasteiger partial charge in [0.2, 0.25) is 0 Å². The smallest absolute Gasteiger partial charge is 0.462 e. The summed E-state index contributed by atoms with van der Waals surface area (Å²) in [4.78, 5) is 72.7. The second-order valence-corrected chi connectivity index (χ2v) is 30.1. The fourth-order valence-corrected chi connectivity index (χ4v) is 12.3. The number of hydrogen-bond acceptors (Lipinski definition) is 15. The van der Waals surface area contributed by atoms with Crippen LogP contribution in [0.15, 0.2) is 24.3 Å². The van der Waals surface area contributed by atoms with Crippen molar-refractivity contribution in [2.75, 3.05) is 39.6 Å². The van der Waals surface area contributed by atoms with Crippen LogP contribution in [-0.2, 0) is 65.4 Å². The number of ether oxygens (including phenoxy) is 4. The number of aliphatic hydroxyl groups is 1. The molecule has 0 aromatic carbocycles. The molecule has 0 aliphatic heterocycles. The molecule has 3 unspecified atom stereocenters. The first-order valence-corrected chi connectivity index (χ1v) is 40.7. The molecule has 0 spiro atoms. The maximum Gasteiger partial charge on any atom is 0.472 e. The maximum absolute atomic E-state index is 13.0. The van der Waals surface area contributed by atoms with Gasteiger partial charge in [0.25, 0.3) is 0 Å². The van der Waals surface area contributed by atoms with Crippen molar-refractivity contribution in [1.82, 2.24) is 0 Å². The van der Waals surface area contributed by atoms with Gasteiger partial charge < -0.3 is 33.8 Å². The van der Waals surface area contributed by atoms with Crippen LogP contribution in [0.2, 0.25) is 0 Å². The standard InChI is InChI=1S/C74H140O17P2/c1-8-10-11-12-13-14-15-16-17-20-23-28-34-43-50-57-73(78)90-69(61-84-71(76)55-48-41-33-30-25-27-32-39-46-53-66(5)6)63-88-92(80,81)86-59-68(75)60-87-93(82,83)89-64-70(62-85-72(77)56-49-42-37-36-40-47-54-67(7)9-2)91-74(79)58-51-44-35-29-24-21-18-19-22-26-31-38-45-52-65(3)4/h14-17,65-70,75H,8-13,18-64H2,1-7H3,(H,80,81)(H,82,83)/b15-14-,17-16-/t67?,68-,69-,70-/m1/s1. The third-order valence-electron chi connectivity index (χ3n) is 16.9. The van der Waals surface area contributed by atoms with Crippen LogP contribution in [-0.4, -0.2) is 96.7 Å². The van der Waals surface area contributed by atoms with E-state index in [1.165, 1.54) is 141 Å². The van der Waals surface area contributed by atoms with E-state index in [0.717, 1.165) is 127 Å². The first-order chi connectivity index (χ1) is 44.8. The fourth-order valence-electron chi connectivity index (χ4n) is 10.7. The van der Waals surface area contributed by atoms with Crippen LogP contribution >= 0.6 is 15.6 Å². The summed E-state index contributed by atoms with van der Waals surface area (Å²) in [6.45, 7) is 11.8. The Kier molecular flexibility index (Phi) is 62.5. The van der Waals surface area contributed by atoms with Crippen molar-refractivity contribution in [2.24, 2.45) is 17.8 Å². The van der Waals surface area contributed by atoms with Crippen LogP contribution in [0, 0.1) is 17.8 Å². The average molecular weight is 1360 g/mol. The van der Waals surface area contributed by atoms with Gasteiger partial charge in [-0.1, -0.05) is 297 Å². The number of phosphoric acid groups is 2. The molecule has 0 saturated carbocycles. The zero-order chi connectivity index (χ0) is 68.7. The second-order valence-electron chi connectivity index (χ2n) is 27.2. The predicted molar refractivity (Wildman–Crippen MR) is 377 cm³/mol. The maximum atomic E-state index is 13.0. The Bertz CT molecular complexity index is 1910. The lowest BCUT2D eigenvalue weighted by atomic mass is 10.00. The van der Waals surface area contributed by atoms with Crippen LogP contribution in [0.25, 0.3) is 0 Å². The Labute approximate surface area is 567 Å². The number of esters is 4. The molecule has 6 atom stereocenters. The van der Waals surface area contributed by atoms with Crippen LogP contribution in [0.3, 0.4) is 0 Å². The van der Waals surface area contributed by atoms with Crippen molar-refractivity contribution in [3.8, 4) is 0 Å². The van der Waals surface area contributed by atoms with Gasteiger partial charge >= 0.3 is 39.5 Å². The highest BCUT2D eigenvalue weighted by molar-refractivity contribution is 7.47. The molecule has 0 amide bonds. The van der Waals surface area contributed by atoms with E-state index >= 15 is 0 Å². The third-order valence-corrected chi connectivity index (χ3v) is 18.8. The monoisotopic (exact) mass is 1360 g/mol. The second kappa shape index (κ2) is 64.2. The number of rotatable bonds is 70. The van der Waals surface area contributed by atoms with Gasteiger partial charge in [0.1, 0.15) is 19.3 Å². The number of hydrogen-bond donors (Lipinski definition) is 3. The first-order valence-electron chi connectivity index (χ1n) is 37.7. The SMILES string of the molecule is CCCCCC/C=C\C=C/CCCCCCCC(=O)O[C@H](COC(=O)CCCCCCCCCCCC(C)C)COP(=O)(O)OC[C@@H](O)COP(=O)(O)OC[C@@H](COC(=O)CCCCCCCCC(C)CC)OC(=O)CCCCCCCCCCCCCCCC(C)C. The van der Waals surface area contributed by atoms with Crippen molar-refractivity contribution < 1.29 is 80.2 Å². The van der Waals surface area contributed by atoms with Gasteiger partial charge in [0.05, 0.1) is 26.4 Å². The van der Waals surface area contributed by atoms with Gasteiger partial charge in [-0.3, -0.25) is 37.3 Å². The molecule has 17 nitrogen and oxygen atoms in total. The molecule has 0 heterocycles. The minimum absolute atomic E-state index is 0.0842. The normalized spacial score (nSPS) is 14.6.